The summed E-state index contributed by atoms with van der Waals surface area (Å²) in [5, 5.41) is 3.31. The van der Waals surface area contributed by atoms with Crippen LogP contribution >= 0.6 is 0 Å². The molecule has 0 spiro atoms. The first-order valence-electron chi connectivity index (χ1n) is 7.42. The van der Waals surface area contributed by atoms with Gasteiger partial charge in [-0.3, -0.25) is 10.1 Å². The van der Waals surface area contributed by atoms with Crippen molar-refractivity contribution in [3.8, 4) is 5.75 Å². The zero-order chi connectivity index (χ0) is 15.0. The molecule has 0 saturated carbocycles. The minimum absolute atomic E-state index is 0.0729. The Morgan fingerprint density at radius 1 is 1.43 bits per heavy atom. The van der Waals surface area contributed by atoms with Crippen molar-refractivity contribution >= 4 is 5.91 Å². The van der Waals surface area contributed by atoms with E-state index in [0.717, 1.165) is 29.9 Å². The van der Waals surface area contributed by atoms with Crippen LogP contribution in [0.2, 0.25) is 0 Å². The van der Waals surface area contributed by atoms with Crippen LogP contribution in [0.1, 0.15) is 30.6 Å². The van der Waals surface area contributed by atoms with Gasteiger partial charge < -0.3 is 14.4 Å². The van der Waals surface area contributed by atoms with Crippen molar-refractivity contribution in [2.24, 2.45) is 0 Å². The molecule has 2 saturated heterocycles. The smallest absolute Gasteiger partial charge is 0.238 e. The standard InChI is InChI=1S/C16H22N2O3/c1-10-8-12(4-5-14(10)20-3)16-17-9-15(19)18(16)13-6-7-21-11(13)2/h4-5,8,11,13,16-17H,6-7,9H2,1-3H3. The average molecular weight is 290 g/mol. The number of aryl methyl sites for hydroxylation is 1. The van der Waals surface area contributed by atoms with Crippen molar-refractivity contribution in [2.45, 2.75) is 38.6 Å². The topological polar surface area (TPSA) is 50.8 Å². The monoisotopic (exact) mass is 290 g/mol. The molecule has 2 fully saturated rings. The van der Waals surface area contributed by atoms with Crippen molar-refractivity contribution in [3.05, 3.63) is 29.3 Å². The lowest BCUT2D eigenvalue weighted by Gasteiger charge is -2.32. The summed E-state index contributed by atoms with van der Waals surface area (Å²) in [5.74, 6) is 1.02. The van der Waals surface area contributed by atoms with Crippen molar-refractivity contribution in [2.75, 3.05) is 20.3 Å². The fourth-order valence-electron chi connectivity index (χ4n) is 3.33. The molecule has 3 rings (SSSR count). The Bertz CT molecular complexity index is 546. The van der Waals surface area contributed by atoms with E-state index < -0.39 is 0 Å². The summed E-state index contributed by atoms with van der Waals surface area (Å²) in [6, 6.07) is 6.22. The molecule has 1 aromatic carbocycles. The number of benzene rings is 1. The maximum atomic E-state index is 12.3. The van der Waals surface area contributed by atoms with Gasteiger partial charge in [-0.05, 0) is 43.5 Å². The van der Waals surface area contributed by atoms with Crippen molar-refractivity contribution in [1.82, 2.24) is 10.2 Å². The van der Waals surface area contributed by atoms with Crippen molar-refractivity contribution in [1.29, 1.82) is 0 Å². The summed E-state index contributed by atoms with van der Waals surface area (Å²) < 4.78 is 10.9. The molecule has 1 aromatic rings. The lowest BCUT2D eigenvalue weighted by molar-refractivity contribution is -0.131. The van der Waals surface area contributed by atoms with Crippen molar-refractivity contribution < 1.29 is 14.3 Å². The van der Waals surface area contributed by atoms with Crippen LogP contribution < -0.4 is 10.1 Å². The SMILES string of the molecule is COc1ccc(C2NCC(=O)N2C2CCOC2C)cc1C. The predicted octanol–water partition coefficient (Wildman–Crippen LogP) is 1.61. The molecule has 2 aliphatic rings. The number of hydrogen-bond acceptors (Lipinski definition) is 4. The number of carbonyl (C=O) groups is 1. The molecule has 1 N–H and O–H groups in total. The number of nitrogens with one attached hydrogen (secondary N) is 1. The fraction of sp³-hybridized carbons (Fsp3) is 0.562. The third-order valence-electron chi connectivity index (χ3n) is 4.44. The summed E-state index contributed by atoms with van der Waals surface area (Å²) in [5.41, 5.74) is 2.17. The first-order valence-corrected chi connectivity index (χ1v) is 7.42. The molecule has 2 aliphatic heterocycles. The molecular formula is C16H22N2O3. The van der Waals surface area contributed by atoms with E-state index in [1.807, 2.05) is 30.9 Å². The molecule has 3 atom stereocenters. The lowest BCUT2D eigenvalue weighted by atomic mass is 10.0. The van der Waals surface area contributed by atoms with E-state index in [4.69, 9.17) is 9.47 Å². The molecule has 5 nitrogen and oxygen atoms in total. The molecular weight excluding hydrogens is 268 g/mol. The highest BCUT2D eigenvalue weighted by atomic mass is 16.5. The van der Waals surface area contributed by atoms with Gasteiger partial charge in [0.2, 0.25) is 5.91 Å². The minimum atomic E-state index is -0.0729. The van der Waals surface area contributed by atoms with Crippen LogP contribution in [0.3, 0.4) is 0 Å². The van der Waals surface area contributed by atoms with E-state index in [0.29, 0.717) is 6.54 Å². The highest BCUT2D eigenvalue weighted by Crippen LogP contribution is 2.32. The molecule has 5 heteroatoms. The summed E-state index contributed by atoms with van der Waals surface area (Å²) in [7, 11) is 1.67. The van der Waals surface area contributed by atoms with Gasteiger partial charge in [0.25, 0.3) is 0 Å². The molecule has 1 amide bonds. The van der Waals surface area contributed by atoms with E-state index in [1.54, 1.807) is 7.11 Å². The van der Waals surface area contributed by atoms with E-state index >= 15 is 0 Å². The van der Waals surface area contributed by atoms with E-state index in [-0.39, 0.29) is 24.2 Å². The Morgan fingerprint density at radius 2 is 2.24 bits per heavy atom. The van der Waals surface area contributed by atoms with Gasteiger partial charge >= 0.3 is 0 Å². The Morgan fingerprint density at radius 3 is 2.86 bits per heavy atom. The van der Waals surface area contributed by atoms with Crippen LogP contribution in [-0.4, -0.2) is 43.2 Å². The van der Waals surface area contributed by atoms with E-state index in [1.165, 1.54) is 0 Å². The third-order valence-corrected chi connectivity index (χ3v) is 4.44. The maximum absolute atomic E-state index is 12.3. The molecule has 0 bridgehead atoms. The number of hydrogen-bond donors (Lipinski definition) is 1. The zero-order valence-electron chi connectivity index (χ0n) is 12.8. The Hall–Kier alpha value is -1.59. The molecule has 114 valence electrons. The second kappa shape index (κ2) is 5.66. The highest BCUT2D eigenvalue weighted by Gasteiger charge is 2.41. The van der Waals surface area contributed by atoms with Crippen LogP contribution in [0.15, 0.2) is 18.2 Å². The molecule has 0 aliphatic carbocycles. The van der Waals surface area contributed by atoms with Gasteiger partial charge in [-0.1, -0.05) is 6.07 Å². The fourth-order valence-corrected chi connectivity index (χ4v) is 3.33. The second-order valence-electron chi connectivity index (χ2n) is 5.75. The maximum Gasteiger partial charge on any atom is 0.238 e. The van der Waals surface area contributed by atoms with Crippen LogP contribution in [0.5, 0.6) is 5.75 Å². The normalized spacial score (nSPS) is 29.2. The van der Waals surface area contributed by atoms with Crippen LogP contribution in [0, 0.1) is 6.92 Å². The van der Waals surface area contributed by atoms with Gasteiger partial charge in [0.05, 0.1) is 25.8 Å². The summed E-state index contributed by atoms with van der Waals surface area (Å²) >= 11 is 0. The van der Waals surface area contributed by atoms with Crippen molar-refractivity contribution in [3.63, 3.8) is 0 Å². The van der Waals surface area contributed by atoms with Gasteiger partial charge in [0.1, 0.15) is 11.9 Å². The van der Waals surface area contributed by atoms with Crippen LogP contribution in [0.4, 0.5) is 0 Å². The Kier molecular flexibility index (Phi) is 3.87. The Labute approximate surface area is 125 Å². The lowest BCUT2D eigenvalue weighted by Crippen LogP contribution is -2.43. The molecule has 0 aromatic heterocycles. The highest BCUT2D eigenvalue weighted by molar-refractivity contribution is 5.81. The number of rotatable bonds is 3. The number of ether oxygens (including phenoxy) is 2. The molecule has 0 radical (unpaired) electrons. The molecule has 3 unspecified atom stereocenters. The third kappa shape index (κ3) is 2.51. The van der Waals surface area contributed by atoms with Gasteiger partial charge in [-0.15, -0.1) is 0 Å². The zero-order valence-corrected chi connectivity index (χ0v) is 12.8. The number of carbonyl (C=O) groups excluding carboxylic acids is 1. The van der Waals surface area contributed by atoms with Gasteiger partial charge in [0, 0.05) is 6.61 Å². The summed E-state index contributed by atoms with van der Waals surface area (Å²) in [6.45, 7) is 5.17. The second-order valence-corrected chi connectivity index (χ2v) is 5.75. The van der Waals surface area contributed by atoms with Gasteiger partial charge in [-0.2, -0.15) is 0 Å². The Balaban J connectivity index is 1.89. The summed E-state index contributed by atoms with van der Waals surface area (Å²) in [4.78, 5) is 14.2. The number of methoxy groups -OCH3 is 1. The quantitative estimate of drug-likeness (QED) is 0.919. The predicted molar refractivity (Wildman–Crippen MR) is 79.1 cm³/mol. The van der Waals surface area contributed by atoms with Crippen LogP contribution in [0.25, 0.3) is 0 Å². The van der Waals surface area contributed by atoms with Gasteiger partial charge in [-0.25, -0.2) is 0 Å². The largest absolute Gasteiger partial charge is 0.496 e. The van der Waals surface area contributed by atoms with E-state index in [2.05, 4.69) is 11.4 Å². The molecule has 2 heterocycles. The van der Waals surface area contributed by atoms with E-state index in [9.17, 15) is 4.79 Å². The van der Waals surface area contributed by atoms with Gasteiger partial charge in [0.15, 0.2) is 0 Å². The summed E-state index contributed by atoms with van der Waals surface area (Å²) in [6.07, 6.45) is 0.923. The van der Waals surface area contributed by atoms with Crippen LogP contribution in [-0.2, 0) is 9.53 Å². The minimum Gasteiger partial charge on any atom is -0.496 e. The number of amides is 1. The number of nitrogens with zero attached hydrogens (tertiary/aromatic N) is 1. The molecule has 21 heavy (non-hydrogen) atoms. The first-order chi connectivity index (χ1) is 10.1. The average Bonchev–Trinajstić information content (AvgIpc) is 3.04. The first kappa shape index (κ1) is 14.4.